The topological polar surface area (TPSA) is 61.4 Å². The standard InChI is InChI=1S/C19H25N5OS/c1-14-4-6-15(7-5-14)20-18(25)19-22-21-17(26-19)13-23-11-8-16(12-23)24-9-2-3-10-24/h4-7,16H,2-3,8-13H2,1H3,(H,20,25). The molecule has 1 unspecified atom stereocenters. The summed E-state index contributed by atoms with van der Waals surface area (Å²) in [6, 6.07) is 8.45. The number of hydrogen-bond donors (Lipinski definition) is 1. The lowest BCUT2D eigenvalue weighted by Gasteiger charge is -2.23. The number of carbonyl (C=O) groups is 1. The Kier molecular flexibility index (Phi) is 5.28. The van der Waals surface area contributed by atoms with E-state index in [9.17, 15) is 4.79 Å². The molecule has 26 heavy (non-hydrogen) atoms. The number of likely N-dealkylation sites (tertiary alicyclic amines) is 2. The number of hydrogen-bond acceptors (Lipinski definition) is 6. The highest BCUT2D eigenvalue weighted by atomic mass is 32.1. The van der Waals surface area contributed by atoms with Gasteiger partial charge in [0, 0.05) is 24.8 Å². The smallest absolute Gasteiger partial charge is 0.286 e. The van der Waals surface area contributed by atoms with Crippen LogP contribution < -0.4 is 5.32 Å². The van der Waals surface area contributed by atoms with Crippen LogP contribution in [-0.2, 0) is 6.54 Å². The average Bonchev–Trinajstić information content (AvgIpc) is 3.38. The number of nitrogens with one attached hydrogen (secondary N) is 1. The number of anilines is 1. The van der Waals surface area contributed by atoms with Gasteiger partial charge in [-0.3, -0.25) is 14.6 Å². The maximum atomic E-state index is 12.4. The van der Waals surface area contributed by atoms with Gasteiger partial charge < -0.3 is 5.32 Å². The minimum Gasteiger partial charge on any atom is -0.320 e. The molecular formula is C19H25N5OS. The van der Waals surface area contributed by atoms with Gasteiger partial charge in [-0.05, 0) is 51.4 Å². The molecule has 7 heteroatoms. The minimum atomic E-state index is -0.186. The third-order valence-corrected chi connectivity index (χ3v) is 6.14. The number of benzene rings is 1. The summed E-state index contributed by atoms with van der Waals surface area (Å²) < 4.78 is 0. The second-order valence-electron chi connectivity index (χ2n) is 7.24. The molecule has 0 spiro atoms. The summed E-state index contributed by atoms with van der Waals surface area (Å²) in [5.74, 6) is -0.186. The molecule has 0 bridgehead atoms. The Labute approximate surface area is 158 Å². The van der Waals surface area contributed by atoms with E-state index in [1.807, 2.05) is 31.2 Å². The molecular weight excluding hydrogens is 346 g/mol. The maximum absolute atomic E-state index is 12.4. The summed E-state index contributed by atoms with van der Waals surface area (Å²) in [4.78, 5) is 17.4. The Morgan fingerprint density at radius 2 is 1.96 bits per heavy atom. The van der Waals surface area contributed by atoms with E-state index in [2.05, 4.69) is 25.3 Å². The minimum absolute atomic E-state index is 0.186. The lowest BCUT2D eigenvalue weighted by atomic mass is 10.2. The lowest BCUT2D eigenvalue weighted by Crippen LogP contribution is -2.35. The molecule has 4 rings (SSSR count). The highest BCUT2D eigenvalue weighted by Crippen LogP contribution is 2.23. The summed E-state index contributed by atoms with van der Waals surface area (Å²) in [6.45, 7) is 7.52. The summed E-state index contributed by atoms with van der Waals surface area (Å²) >= 11 is 1.39. The predicted molar refractivity (Wildman–Crippen MR) is 104 cm³/mol. The van der Waals surface area contributed by atoms with E-state index in [1.165, 1.54) is 49.3 Å². The predicted octanol–water partition coefficient (Wildman–Crippen LogP) is 2.77. The molecule has 2 aliphatic rings. The molecule has 1 atom stereocenters. The van der Waals surface area contributed by atoms with Gasteiger partial charge in [0.25, 0.3) is 5.91 Å². The van der Waals surface area contributed by atoms with Crippen LogP contribution in [0.15, 0.2) is 24.3 Å². The number of aryl methyl sites for hydroxylation is 1. The number of amides is 1. The van der Waals surface area contributed by atoms with Gasteiger partial charge in [0.1, 0.15) is 5.01 Å². The molecule has 1 aromatic heterocycles. The first-order valence-electron chi connectivity index (χ1n) is 9.34. The van der Waals surface area contributed by atoms with Gasteiger partial charge in [0.15, 0.2) is 0 Å². The molecule has 2 aliphatic heterocycles. The van der Waals surface area contributed by atoms with Gasteiger partial charge in [0.05, 0.1) is 6.54 Å². The van der Waals surface area contributed by atoms with Gasteiger partial charge >= 0.3 is 0 Å². The van der Waals surface area contributed by atoms with Crippen molar-refractivity contribution in [3.05, 3.63) is 39.8 Å². The van der Waals surface area contributed by atoms with Crippen LogP contribution in [0.3, 0.4) is 0 Å². The Balaban J connectivity index is 1.31. The number of aromatic nitrogens is 2. The van der Waals surface area contributed by atoms with Crippen molar-refractivity contribution in [1.29, 1.82) is 0 Å². The van der Waals surface area contributed by atoms with Gasteiger partial charge in [-0.2, -0.15) is 0 Å². The normalized spacial score (nSPS) is 21.3. The molecule has 0 radical (unpaired) electrons. The van der Waals surface area contributed by atoms with Crippen molar-refractivity contribution >= 4 is 22.9 Å². The van der Waals surface area contributed by atoms with Gasteiger partial charge in [-0.25, -0.2) is 0 Å². The molecule has 2 saturated heterocycles. The second kappa shape index (κ2) is 7.82. The van der Waals surface area contributed by atoms with E-state index < -0.39 is 0 Å². The third kappa shape index (κ3) is 4.11. The van der Waals surface area contributed by atoms with Crippen LogP contribution in [0.2, 0.25) is 0 Å². The van der Waals surface area contributed by atoms with Crippen molar-refractivity contribution in [2.45, 2.75) is 38.8 Å². The van der Waals surface area contributed by atoms with Crippen molar-refractivity contribution < 1.29 is 4.79 Å². The fourth-order valence-electron chi connectivity index (χ4n) is 3.78. The Morgan fingerprint density at radius 3 is 2.73 bits per heavy atom. The Morgan fingerprint density at radius 1 is 1.19 bits per heavy atom. The van der Waals surface area contributed by atoms with Crippen LogP contribution in [0.25, 0.3) is 0 Å². The van der Waals surface area contributed by atoms with Crippen molar-refractivity contribution in [2.24, 2.45) is 0 Å². The summed E-state index contributed by atoms with van der Waals surface area (Å²) in [6.07, 6.45) is 3.91. The van der Waals surface area contributed by atoms with Gasteiger partial charge in [-0.1, -0.05) is 29.0 Å². The molecule has 1 amide bonds. The fraction of sp³-hybridized carbons (Fsp3) is 0.526. The highest BCUT2D eigenvalue weighted by Gasteiger charge is 2.29. The molecule has 6 nitrogen and oxygen atoms in total. The van der Waals surface area contributed by atoms with Crippen LogP contribution in [0.1, 0.15) is 39.6 Å². The maximum Gasteiger partial charge on any atom is 0.286 e. The monoisotopic (exact) mass is 371 g/mol. The van der Waals surface area contributed by atoms with Crippen molar-refractivity contribution in [3.8, 4) is 0 Å². The Hall–Kier alpha value is -1.83. The van der Waals surface area contributed by atoms with E-state index in [-0.39, 0.29) is 5.91 Å². The van der Waals surface area contributed by atoms with Gasteiger partial charge in [0.2, 0.25) is 5.01 Å². The second-order valence-corrected chi connectivity index (χ2v) is 8.30. The molecule has 0 aliphatic carbocycles. The highest BCUT2D eigenvalue weighted by molar-refractivity contribution is 7.13. The van der Waals surface area contributed by atoms with Crippen LogP contribution in [0.5, 0.6) is 0 Å². The van der Waals surface area contributed by atoms with Crippen molar-refractivity contribution in [2.75, 3.05) is 31.5 Å². The molecule has 1 aromatic carbocycles. The zero-order valence-electron chi connectivity index (χ0n) is 15.1. The van der Waals surface area contributed by atoms with E-state index >= 15 is 0 Å². The summed E-state index contributed by atoms with van der Waals surface area (Å²) in [5.41, 5.74) is 1.95. The number of nitrogens with zero attached hydrogens (tertiary/aromatic N) is 4. The first kappa shape index (κ1) is 17.6. The fourth-order valence-corrected chi connectivity index (χ4v) is 4.56. The first-order valence-corrected chi connectivity index (χ1v) is 10.2. The quantitative estimate of drug-likeness (QED) is 0.876. The first-order chi connectivity index (χ1) is 12.7. The molecule has 3 heterocycles. The van der Waals surface area contributed by atoms with Crippen LogP contribution >= 0.6 is 11.3 Å². The van der Waals surface area contributed by atoms with Crippen LogP contribution in [0.4, 0.5) is 5.69 Å². The summed E-state index contributed by atoms with van der Waals surface area (Å²) in [7, 11) is 0. The Bertz CT molecular complexity index is 754. The molecule has 1 N–H and O–H groups in total. The van der Waals surface area contributed by atoms with E-state index in [4.69, 9.17) is 0 Å². The van der Waals surface area contributed by atoms with Crippen LogP contribution in [0, 0.1) is 6.92 Å². The van der Waals surface area contributed by atoms with E-state index in [0.717, 1.165) is 30.3 Å². The van der Waals surface area contributed by atoms with E-state index in [1.54, 1.807) is 0 Å². The van der Waals surface area contributed by atoms with Gasteiger partial charge in [-0.15, -0.1) is 10.2 Å². The SMILES string of the molecule is Cc1ccc(NC(=O)c2nnc(CN3CCC(N4CCCC4)C3)s2)cc1. The number of carbonyl (C=O) groups excluding carboxylic acids is 1. The van der Waals surface area contributed by atoms with E-state index in [0.29, 0.717) is 11.0 Å². The third-order valence-electron chi connectivity index (χ3n) is 5.23. The molecule has 2 aromatic rings. The zero-order valence-corrected chi connectivity index (χ0v) is 16.0. The average molecular weight is 372 g/mol. The zero-order chi connectivity index (χ0) is 17.9. The molecule has 138 valence electrons. The number of rotatable bonds is 5. The largest absolute Gasteiger partial charge is 0.320 e. The van der Waals surface area contributed by atoms with Crippen LogP contribution in [-0.4, -0.2) is 58.1 Å². The molecule has 0 saturated carbocycles. The van der Waals surface area contributed by atoms with Crippen molar-refractivity contribution in [1.82, 2.24) is 20.0 Å². The summed E-state index contributed by atoms with van der Waals surface area (Å²) in [5, 5.41) is 12.5. The van der Waals surface area contributed by atoms with Crippen molar-refractivity contribution in [3.63, 3.8) is 0 Å². The molecule has 2 fully saturated rings. The lowest BCUT2D eigenvalue weighted by molar-refractivity contribution is 0.102.